The highest BCUT2D eigenvalue weighted by Gasteiger charge is 2.35. The van der Waals surface area contributed by atoms with Gasteiger partial charge in [-0.3, -0.25) is 19.8 Å². The number of rotatable bonds is 7. The number of unbranched alkanes of at least 4 members (excludes halogenated alkanes) is 1. The first-order valence-corrected chi connectivity index (χ1v) is 8.75. The lowest BCUT2D eigenvalue weighted by atomic mass is 10.1. The van der Waals surface area contributed by atoms with E-state index >= 15 is 0 Å². The number of carbonyl (C=O) groups excluding carboxylic acids is 3. The summed E-state index contributed by atoms with van der Waals surface area (Å²) in [7, 11) is 0. The SMILES string of the molecule is CCCCN1C(=O)NC(=O)/C(=C\c2ccc(N(CC)CC)cc2)C1=O. The number of imide groups is 2. The summed E-state index contributed by atoms with van der Waals surface area (Å²) in [4.78, 5) is 39.7. The van der Waals surface area contributed by atoms with Crippen molar-refractivity contribution in [3.63, 3.8) is 0 Å². The van der Waals surface area contributed by atoms with E-state index in [2.05, 4.69) is 24.1 Å². The summed E-state index contributed by atoms with van der Waals surface area (Å²) in [5.41, 5.74) is 1.83. The van der Waals surface area contributed by atoms with Gasteiger partial charge in [-0.15, -0.1) is 0 Å². The molecule has 0 atom stereocenters. The van der Waals surface area contributed by atoms with Crippen molar-refractivity contribution >= 4 is 29.6 Å². The molecule has 0 saturated carbocycles. The van der Waals surface area contributed by atoms with Crippen molar-refractivity contribution in [3.8, 4) is 0 Å². The third-order valence-corrected chi connectivity index (χ3v) is 4.25. The summed E-state index contributed by atoms with van der Waals surface area (Å²) < 4.78 is 0. The van der Waals surface area contributed by atoms with Gasteiger partial charge in [0.15, 0.2) is 0 Å². The maximum Gasteiger partial charge on any atom is 0.331 e. The van der Waals surface area contributed by atoms with Gasteiger partial charge in [-0.05, 0) is 44.0 Å². The van der Waals surface area contributed by atoms with Crippen LogP contribution >= 0.6 is 0 Å². The molecule has 0 unspecified atom stereocenters. The summed E-state index contributed by atoms with van der Waals surface area (Å²) in [6.07, 6.45) is 3.10. The minimum absolute atomic E-state index is 0.00806. The molecule has 1 aromatic rings. The second-order valence-corrected chi connectivity index (χ2v) is 5.89. The number of barbiturate groups is 1. The van der Waals surface area contributed by atoms with Crippen LogP contribution in [0.25, 0.3) is 6.08 Å². The van der Waals surface area contributed by atoms with Crippen molar-refractivity contribution < 1.29 is 14.4 Å². The van der Waals surface area contributed by atoms with Crippen LogP contribution in [-0.2, 0) is 9.59 Å². The maximum atomic E-state index is 12.5. The van der Waals surface area contributed by atoms with Gasteiger partial charge in [0.2, 0.25) is 0 Å². The van der Waals surface area contributed by atoms with Crippen LogP contribution in [0.3, 0.4) is 0 Å². The lowest BCUT2D eigenvalue weighted by Crippen LogP contribution is -2.54. The molecule has 1 aromatic carbocycles. The number of amides is 4. The molecule has 6 heteroatoms. The molecule has 2 rings (SSSR count). The zero-order valence-corrected chi connectivity index (χ0v) is 15.0. The Morgan fingerprint density at radius 2 is 1.68 bits per heavy atom. The first-order chi connectivity index (χ1) is 12.0. The Morgan fingerprint density at radius 1 is 1.04 bits per heavy atom. The number of urea groups is 1. The van der Waals surface area contributed by atoms with Crippen molar-refractivity contribution in [2.75, 3.05) is 24.5 Å². The molecule has 1 heterocycles. The van der Waals surface area contributed by atoms with Gasteiger partial charge in [0.25, 0.3) is 11.8 Å². The van der Waals surface area contributed by atoms with E-state index in [4.69, 9.17) is 0 Å². The Kier molecular flexibility index (Phi) is 6.33. The van der Waals surface area contributed by atoms with Crippen molar-refractivity contribution in [1.82, 2.24) is 10.2 Å². The molecule has 4 amide bonds. The summed E-state index contributed by atoms with van der Waals surface area (Å²) in [5.74, 6) is -1.18. The molecule has 0 aliphatic carbocycles. The van der Waals surface area contributed by atoms with Crippen LogP contribution < -0.4 is 10.2 Å². The zero-order valence-electron chi connectivity index (χ0n) is 15.0. The van der Waals surface area contributed by atoms with Crippen LogP contribution in [0.4, 0.5) is 10.5 Å². The lowest BCUT2D eigenvalue weighted by molar-refractivity contribution is -0.130. The molecule has 1 aliphatic heterocycles. The van der Waals surface area contributed by atoms with Gasteiger partial charge < -0.3 is 4.90 Å². The summed E-state index contributed by atoms with van der Waals surface area (Å²) >= 11 is 0. The average molecular weight is 343 g/mol. The average Bonchev–Trinajstić information content (AvgIpc) is 2.60. The molecule has 25 heavy (non-hydrogen) atoms. The van der Waals surface area contributed by atoms with Gasteiger partial charge in [-0.25, -0.2) is 4.79 Å². The van der Waals surface area contributed by atoms with Crippen LogP contribution in [-0.4, -0.2) is 42.4 Å². The molecule has 0 radical (unpaired) electrons. The van der Waals surface area contributed by atoms with Gasteiger partial charge in [0, 0.05) is 25.3 Å². The first-order valence-electron chi connectivity index (χ1n) is 8.75. The zero-order chi connectivity index (χ0) is 18.4. The normalized spacial score (nSPS) is 16.4. The van der Waals surface area contributed by atoms with Crippen molar-refractivity contribution in [3.05, 3.63) is 35.4 Å². The van der Waals surface area contributed by atoms with Crippen molar-refractivity contribution in [1.29, 1.82) is 0 Å². The van der Waals surface area contributed by atoms with Gasteiger partial charge in [-0.2, -0.15) is 0 Å². The van der Waals surface area contributed by atoms with E-state index in [1.54, 1.807) is 0 Å². The molecule has 1 aliphatic rings. The molecule has 0 spiro atoms. The maximum absolute atomic E-state index is 12.5. The number of benzene rings is 1. The molecule has 6 nitrogen and oxygen atoms in total. The molecule has 0 aromatic heterocycles. The predicted molar refractivity (Wildman–Crippen MR) is 98.1 cm³/mol. The highest BCUT2D eigenvalue weighted by atomic mass is 16.2. The summed E-state index contributed by atoms with van der Waals surface area (Å²) in [6, 6.07) is 7.02. The largest absolute Gasteiger partial charge is 0.372 e. The fraction of sp³-hybridized carbons (Fsp3) is 0.421. The third-order valence-electron chi connectivity index (χ3n) is 4.25. The highest BCUT2D eigenvalue weighted by Crippen LogP contribution is 2.19. The van der Waals surface area contributed by atoms with Crippen molar-refractivity contribution in [2.45, 2.75) is 33.6 Å². The monoisotopic (exact) mass is 343 g/mol. The number of anilines is 1. The fourth-order valence-corrected chi connectivity index (χ4v) is 2.75. The Balaban J connectivity index is 2.24. The van der Waals surface area contributed by atoms with E-state index in [0.29, 0.717) is 13.0 Å². The number of hydrogen-bond donors (Lipinski definition) is 1. The predicted octanol–water partition coefficient (Wildman–Crippen LogP) is 2.79. The molecule has 134 valence electrons. The number of carbonyl (C=O) groups is 3. The van der Waals surface area contributed by atoms with E-state index < -0.39 is 17.8 Å². The Bertz CT molecular complexity index is 676. The second kappa shape index (κ2) is 8.46. The Labute approximate surface area is 148 Å². The van der Waals surface area contributed by atoms with Gasteiger partial charge in [0.05, 0.1) is 0 Å². The Morgan fingerprint density at radius 3 is 2.24 bits per heavy atom. The van der Waals surface area contributed by atoms with Gasteiger partial charge in [0.1, 0.15) is 5.57 Å². The molecule has 1 fully saturated rings. The van der Waals surface area contributed by atoms with Crippen LogP contribution in [0, 0.1) is 0 Å². The highest BCUT2D eigenvalue weighted by molar-refractivity contribution is 6.31. The van der Waals surface area contributed by atoms with Gasteiger partial charge >= 0.3 is 6.03 Å². The number of nitrogens with one attached hydrogen (secondary N) is 1. The van der Waals surface area contributed by atoms with Crippen LogP contribution in [0.2, 0.25) is 0 Å². The van der Waals surface area contributed by atoms with Crippen LogP contribution in [0.1, 0.15) is 39.2 Å². The molecule has 1 saturated heterocycles. The second-order valence-electron chi connectivity index (χ2n) is 5.89. The minimum atomic E-state index is -0.643. The van der Waals surface area contributed by atoms with Crippen molar-refractivity contribution in [2.24, 2.45) is 0 Å². The van der Waals surface area contributed by atoms with E-state index in [-0.39, 0.29) is 5.57 Å². The summed E-state index contributed by atoms with van der Waals surface area (Å²) in [6.45, 7) is 8.29. The molecular formula is C19H25N3O3. The van der Waals surface area contributed by atoms with E-state index in [0.717, 1.165) is 35.7 Å². The smallest absolute Gasteiger partial charge is 0.331 e. The third kappa shape index (κ3) is 4.26. The van der Waals surface area contributed by atoms with E-state index in [1.165, 1.54) is 6.08 Å². The number of nitrogens with zero attached hydrogens (tertiary/aromatic N) is 2. The molecule has 1 N–H and O–H groups in total. The lowest BCUT2D eigenvalue weighted by Gasteiger charge is -2.26. The summed E-state index contributed by atoms with van der Waals surface area (Å²) in [5, 5.41) is 2.24. The van der Waals surface area contributed by atoms with E-state index in [1.807, 2.05) is 31.2 Å². The van der Waals surface area contributed by atoms with Crippen LogP contribution in [0.5, 0.6) is 0 Å². The van der Waals surface area contributed by atoms with Gasteiger partial charge in [-0.1, -0.05) is 25.5 Å². The Hall–Kier alpha value is -2.63. The molecule has 0 bridgehead atoms. The van der Waals surface area contributed by atoms with E-state index in [9.17, 15) is 14.4 Å². The van der Waals surface area contributed by atoms with Crippen LogP contribution in [0.15, 0.2) is 29.8 Å². The number of hydrogen-bond acceptors (Lipinski definition) is 4. The quantitative estimate of drug-likeness (QED) is 0.610. The standard InChI is InChI=1S/C19H25N3O3/c1-4-7-12-22-18(24)16(17(23)20-19(22)25)13-14-8-10-15(11-9-14)21(5-2)6-3/h8-11,13H,4-7,12H2,1-3H3,(H,20,23,25)/b16-13+. The minimum Gasteiger partial charge on any atom is -0.372 e. The topological polar surface area (TPSA) is 69.7 Å². The molecular weight excluding hydrogens is 318 g/mol. The fourth-order valence-electron chi connectivity index (χ4n) is 2.75. The first kappa shape index (κ1) is 18.7.